The highest BCUT2D eigenvalue weighted by molar-refractivity contribution is 7.80. The van der Waals surface area contributed by atoms with Crippen molar-refractivity contribution in [1.29, 1.82) is 0 Å². The van der Waals surface area contributed by atoms with Crippen LogP contribution in [0.15, 0.2) is 73.1 Å². The van der Waals surface area contributed by atoms with Crippen molar-refractivity contribution in [2.24, 2.45) is 0 Å². The van der Waals surface area contributed by atoms with E-state index in [-0.39, 0.29) is 0 Å². The average molecular weight is 382 g/mol. The summed E-state index contributed by atoms with van der Waals surface area (Å²) in [4.78, 5) is 6.29. The molecular formula is C21H20ClN3S. The highest BCUT2D eigenvalue weighted by Crippen LogP contribution is 2.20. The van der Waals surface area contributed by atoms with Crippen LogP contribution in [0, 0.1) is 6.92 Å². The lowest BCUT2D eigenvalue weighted by Crippen LogP contribution is -2.34. The van der Waals surface area contributed by atoms with E-state index >= 15 is 0 Å². The van der Waals surface area contributed by atoms with Crippen molar-refractivity contribution < 1.29 is 0 Å². The molecule has 0 amide bonds. The molecule has 1 aromatic heterocycles. The summed E-state index contributed by atoms with van der Waals surface area (Å²) in [6.45, 7) is 3.33. The minimum absolute atomic E-state index is 0.617. The molecule has 0 fully saturated rings. The summed E-state index contributed by atoms with van der Waals surface area (Å²) in [7, 11) is 0. The number of halogens is 1. The topological polar surface area (TPSA) is 28.2 Å². The predicted octanol–water partition coefficient (Wildman–Crippen LogP) is 5.44. The van der Waals surface area contributed by atoms with Gasteiger partial charge in [-0.2, -0.15) is 0 Å². The smallest absolute Gasteiger partial charge is 0.174 e. The molecule has 0 aliphatic heterocycles. The Morgan fingerprint density at radius 2 is 1.92 bits per heavy atom. The second-order valence-corrected chi connectivity index (χ2v) is 6.90. The molecule has 5 heteroatoms. The lowest BCUT2D eigenvalue weighted by Gasteiger charge is -2.26. The molecule has 0 atom stereocenters. The number of rotatable bonds is 5. The number of nitrogens with zero attached hydrogens (tertiary/aromatic N) is 2. The number of hydrogen-bond acceptors (Lipinski definition) is 2. The minimum Gasteiger partial charge on any atom is -0.340 e. The van der Waals surface area contributed by atoms with Crippen molar-refractivity contribution in [3.63, 3.8) is 0 Å². The molecule has 1 N–H and O–H groups in total. The van der Waals surface area contributed by atoms with Crippen LogP contribution in [-0.4, -0.2) is 15.0 Å². The summed E-state index contributed by atoms with van der Waals surface area (Å²) in [6, 6.07) is 20.0. The van der Waals surface area contributed by atoms with E-state index in [4.69, 9.17) is 23.8 Å². The summed E-state index contributed by atoms with van der Waals surface area (Å²) in [6.07, 6.45) is 3.63. The Labute approximate surface area is 164 Å². The molecule has 0 saturated carbocycles. The number of aromatic nitrogens is 1. The van der Waals surface area contributed by atoms with Gasteiger partial charge in [-0.05, 0) is 60.1 Å². The Hall–Kier alpha value is -2.43. The van der Waals surface area contributed by atoms with Gasteiger partial charge in [-0.25, -0.2) is 0 Å². The summed E-state index contributed by atoms with van der Waals surface area (Å²) < 4.78 is 0. The van der Waals surface area contributed by atoms with Crippen molar-refractivity contribution in [1.82, 2.24) is 9.88 Å². The maximum atomic E-state index is 6.35. The molecule has 2 aromatic carbocycles. The first-order chi connectivity index (χ1) is 12.6. The third-order valence-electron chi connectivity index (χ3n) is 3.97. The minimum atomic E-state index is 0.617. The fourth-order valence-corrected chi connectivity index (χ4v) is 3.11. The average Bonchev–Trinajstić information content (AvgIpc) is 2.64. The van der Waals surface area contributed by atoms with Crippen molar-refractivity contribution in [2.45, 2.75) is 20.0 Å². The highest BCUT2D eigenvalue weighted by Gasteiger charge is 2.13. The van der Waals surface area contributed by atoms with Gasteiger partial charge < -0.3 is 10.2 Å². The zero-order valence-electron chi connectivity index (χ0n) is 14.5. The molecule has 3 rings (SSSR count). The molecule has 0 bridgehead atoms. The molecule has 26 heavy (non-hydrogen) atoms. The molecule has 0 radical (unpaired) electrons. The fraction of sp³-hybridized carbons (Fsp3) is 0.143. The van der Waals surface area contributed by atoms with Crippen LogP contribution in [0.1, 0.15) is 16.7 Å². The highest BCUT2D eigenvalue weighted by atomic mass is 35.5. The van der Waals surface area contributed by atoms with Crippen LogP contribution in [0.3, 0.4) is 0 Å². The van der Waals surface area contributed by atoms with Crippen LogP contribution >= 0.6 is 23.8 Å². The van der Waals surface area contributed by atoms with Crippen molar-refractivity contribution in [3.05, 3.63) is 94.8 Å². The molecule has 0 aliphatic rings. The fourth-order valence-electron chi connectivity index (χ4n) is 2.67. The number of aryl methyl sites for hydroxylation is 1. The Morgan fingerprint density at radius 1 is 1.08 bits per heavy atom. The first-order valence-electron chi connectivity index (χ1n) is 8.37. The second-order valence-electron chi connectivity index (χ2n) is 6.11. The van der Waals surface area contributed by atoms with Crippen molar-refractivity contribution in [2.75, 3.05) is 5.32 Å². The first kappa shape index (κ1) is 18.4. The lowest BCUT2D eigenvalue weighted by molar-refractivity contribution is 0.412. The van der Waals surface area contributed by atoms with Gasteiger partial charge in [0.1, 0.15) is 0 Å². The van der Waals surface area contributed by atoms with E-state index in [1.54, 1.807) is 6.20 Å². The number of anilines is 1. The van der Waals surface area contributed by atoms with Gasteiger partial charge in [0.25, 0.3) is 0 Å². The third kappa shape index (κ3) is 5.04. The summed E-state index contributed by atoms with van der Waals surface area (Å²) in [5, 5.41) is 4.73. The van der Waals surface area contributed by atoms with Crippen LogP contribution in [-0.2, 0) is 13.1 Å². The summed E-state index contributed by atoms with van der Waals surface area (Å²) in [5.41, 5.74) is 4.28. The van der Waals surface area contributed by atoms with E-state index in [2.05, 4.69) is 34.3 Å². The number of hydrogen-bond donors (Lipinski definition) is 1. The number of thiocarbonyl (C=S) groups is 1. The van der Waals surface area contributed by atoms with Gasteiger partial charge in [0, 0.05) is 36.2 Å². The van der Waals surface area contributed by atoms with Crippen LogP contribution in [0.25, 0.3) is 0 Å². The SMILES string of the molecule is Cc1cccc(NC(=S)N(Cc2cccnc2)Cc2ccccc2Cl)c1. The zero-order valence-corrected chi connectivity index (χ0v) is 16.1. The predicted molar refractivity (Wildman–Crippen MR) is 112 cm³/mol. The quantitative estimate of drug-likeness (QED) is 0.595. The van der Waals surface area contributed by atoms with Crippen LogP contribution < -0.4 is 5.32 Å². The van der Waals surface area contributed by atoms with Gasteiger partial charge in [-0.1, -0.05) is 48.0 Å². The molecule has 1 heterocycles. The number of pyridine rings is 1. The molecule has 0 spiro atoms. The van der Waals surface area contributed by atoms with Crippen LogP contribution in [0.4, 0.5) is 5.69 Å². The molecule has 132 valence electrons. The third-order valence-corrected chi connectivity index (χ3v) is 4.70. The zero-order chi connectivity index (χ0) is 18.4. The van der Waals surface area contributed by atoms with Crippen LogP contribution in [0.2, 0.25) is 5.02 Å². The van der Waals surface area contributed by atoms with Crippen LogP contribution in [0.5, 0.6) is 0 Å². The molecule has 0 unspecified atom stereocenters. The lowest BCUT2D eigenvalue weighted by atomic mass is 10.2. The standard InChI is InChI=1S/C21H20ClN3S/c1-16-6-4-9-19(12-16)24-21(26)25(14-17-7-5-11-23-13-17)15-18-8-2-3-10-20(18)22/h2-13H,14-15H2,1H3,(H,24,26). The maximum Gasteiger partial charge on any atom is 0.174 e. The number of nitrogens with one attached hydrogen (secondary N) is 1. The van der Waals surface area contributed by atoms with E-state index in [1.807, 2.05) is 54.7 Å². The molecule has 0 saturated heterocycles. The van der Waals surface area contributed by atoms with E-state index in [9.17, 15) is 0 Å². The first-order valence-corrected chi connectivity index (χ1v) is 9.15. The molecule has 3 aromatic rings. The van der Waals surface area contributed by atoms with Gasteiger partial charge >= 0.3 is 0 Å². The Morgan fingerprint density at radius 3 is 2.65 bits per heavy atom. The Balaban J connectivity index is 1.81. The Kier molecular flexibility index (Phi) is 6.21. The van der Waals surface area contributed by atoms with E-state index in [0.29, 0.717) is 18.2 Å². The van der Waals surface area contributed by atoms with Gasteiger partial charge in [0.15, 0.2) is 5.11 Å². The van der Waals surface area contributed by atoms with Gasteiger partial charge in [0.2, 0.25) is 0 Å². The molecule has 3 nitrogen and oxygen atoms in total. The van der Waals surface area contributed by atoms with E-state index in [0.717, 1.165) is 21.8 Å². The summed E-state index contributed by atoms with van der Waals surface area (Å²) >= 11 is 12.0. The number of benzene rings is 2. The largest absolute Gasteiger partial charge is 0.340 e. The second kappa shape index (κ2) is 8.79. The van der Waals surface area contributed by atoms with E-state index < -0.39 is 0 Å². The molecular weight excluding hydrogens is 362 g/mol. The Bertz CT molecular complexity index is 883. The normalized spacial score (nSPS) is 10.4. The maximum absolute atomic E-state index is 6.35. The molecule has 0 aliphatic carbocycles. The monoisotopic (exact) mass is 381 g/mol. The van der Waals surface area contributed by atoms with Gasteiger partial charge in [-0.3, -0.25) is 4.98 Å². The van der Waals surface area contributed by atoms with Gasteiger partial charge in [0.05, 0.1) is 0 Å². The van der Waals surface area contributed by atoms with Crippen molar-refractivity contribution >= 4 is 34.6 Å². The summed E-state index contributed by atoms with van der Waals surface area (Å²) in [5.74, 6) is 0. The van der Waals surface area contributed by atoms with Crippen molar-refractivity contribution in [3.8, 4) is 0 Å². The van der Waals surface area contributed by atoms with Gasteiger partial charge in [-0.15, -0.1) is 0 Å². The van der Waals surface area contributed by atoms with E-state index in [1.165, 1.54) is 5.56 Å².